The Morgan fingerprint density at radius 1 is 1.39 bits per heavy atom. The highest BCUT2D eigenvalue weighted by Crippen LogP contribution is 2.25. The molecular weight excluding hydrogens is 318 g/mol. The predicted molar refractivity (Wildman–Crippen MR) is 85.2 cm³/mol. The molecule has 0 atom stereocenters. The number of carbonyl (C=O) groups is 1. The first-order chi connectivity index (χ1) is 11.1. The second-order valence-electron chi connectivity index (χ2n) is 4.66. The smallest absolute Gasteiger partial charge is 0.258 e. The number of aromatic nitrogens is 2. The van der Waals surface area contributed by atoms with Crippen molar-refractivity contribution in [2.75, 3.05) is 7.11 Å². The molecule has 23 heavy (non-hydrogen) atoms. The van der Waals surface area contributed by atoms with Gasteiger partial charge in [0.15, 0.2) is 4.96 Å². The molecule has 0 saturated heterocycles. The normalized spacial score (nSPS) is 10.7. The fourth-order valence-electron chi connectivity index (χ4n) is 2.07. The molecule has 2 heterocycles. The first kappa shape index (κ1) is 15.0. The van der Waals surface area contributed by atoms with Gasteiger partial charge in [0.1, 0.15) is 18.1 Å². The second kappa shape index (κ2) is 6.09. The van der Waals surface area contributed by atoms with E-state index in [2.05, 4.69) is 4.98 Å². The zero-order valence-corrected chi connectivity index (χ0v) is 13.0. The average Bonchev–Trinajstić information content (AvgIpc) is 3.01. The summed E-state index contributed by atoms with van der Waals surface area (Å²) in [5.74, 6) is 0.209. The minimum absolute atomic E-state index is 0.0388. The van der Waals surface area contributed by atoms with Crippen LogP contribution in [0.2, 0.25) is 0 Å². The summed E-state index contributed by atoms with van der Waals surface area (Å²) in [6.45, 7) is 0.0388. The lowest BCUT2D eigenvalue weighted by Crippen LogP contribution is -2.15. The van der Waals surface area contributed by atoms with E-state index in [0.717, 1.165) is 0 Å². The van der Waals surface area contributed by atoms with Crippen LogP contribution in [0.15, 0.2) is 40.6 Å². The van der Waals surface area contributed by atoms with Crippen molar-refractivity contribution in [3.63, 3.8) is 0 Å². The topological polar surface area (TPSA) is 95.9 Å². The summed E-state index contributed by atoms with van der Waals surface area (Å²) in [6, 6.07) is 6.11. The fourth-order valence-corrected chi connectivity index (χ4v) is 2.80. The van der Waals surface area contributed by atoms with Crippen molar-refractivity contribution in [2.45, 2.75) is 6.61 Å². The Morgan fingerprint density at radius 3 is 2.96 bits per heavy atom. The number of hydrogen-bond acceptors (Lipinski definition) is 6. The Bertz CT molecular complexity index is 932. The van der Waals surface area contributed by atoms with E-state index in [0.29, 0.717) is 16.4 Å². The highest BCUT2D eigenvalue weighted by molar-refractivity contribution is 7.15. The molecular formula is C15H13N3O4S. The van der Waals surface area contributed by atoms with Gasteiger partial charge in [0.05, 0.1) is 18.4 Å². The van der Waals surface area contributed by atoms with Gasteiger partial charge in [-0.1, -0.05) is 0 Å². The van der Waals surface area contributed by atoms with Gasteiger partial charge in [-0.3, -0.25) is 14.0 Å². The van der Waals surface area contributed by atoms with E-state index in [1.54, 1.807) is 23.7 Å². The van der Waals surface area contributed by atoms with E-state index < -0.39 is 5.91 Å². The van der Waals surface area contributed by atoms with Crippen LogP contribution >= 0.6 is 11.3 Å². The molecule has 3 rings (SSSR count). The van der Waals surface area contributed by atoms with Crippen LogP contribution in [-0.4, -0.2) is 22.4 Å². The molecule has 0 aliphatic heterocycles. The Hall–Kier alpha value is -2.87. The van der Waals surface area contributed by atoms with E-state index in [1.165, 1.54) is 35.0 Å². The number of fused-ring (bicyclic) bond motifs is 1. The number of primary amides is 1. The molecule has 8 heteroatoms. The van der Waals surface area contributed by atoms with Crippen LogP contribution in [0.5, 0.6) is 11.5 Å². The van der Waals surface area contributed by atoms with Crippen molar-refractivity contribution < 1.29 is 14.3 Å². The van der Waals surface area contributed by atoms with E-state index in [-0.39, 0.29) is 23.5 Å². The van der Waals surface area contributed by atoms with Crippen LogP contribution < -0.4 is 20.8 Å². The molecule has 2 aromatic heterocycles. The van der Waals surface area contributed by atoms with Gasteiger partial charge in [0, 0.05) is 23.7 Å². The molecule has 0 aliphatic carbocycles. The van der Waals surface area contributed by atoms with Crippen LogP contribution in [0, 0.1) is 0 Å². The maximum Gasteiger partial charge on any atom is 0.258 e. The monoisotopic (exact) mass is 331 g/mol. The lowest BCUT2D eigenvalue weighted by Gasteiger charge is -2.11. The molecule has 1 aromatic carbocycles. The Kier molecular flexibility index (Phi) is 3.98. The summed E-state index contributed by atoms with van der Waals surface area (Å²) in [7, 11) is 1.51. The summed E-state index contributed by atoms with van der Waals surface area (Å²) < 4.78 is 12.2. The van der Waals surface area contributed by atoms with Crippen LogP contribution in [0.4, 0.5) is 0 Å². The first-order valence-electron chi connectivity index (χ1n) is 6.65. The molecule has 0 radical (unpaired) electrons. The number of ether oxygens (including phenoxy) is 2. The minimum Gasteiger partial charge on any atom is -0.497 e. The predicted octanol–water partition coefficient (Wildman–Crippen LogP) is 1.44. The van der Waals surface area contributed by atoms with Gasteiger partial charge in [0.2, 0.25) is 0 Å². The number of nitrogens with zero attached hydrogens (tertiary/aromatic N) is 2. The van der Waals surface area contributed by atoms with E-state index in [1.807, 2.05) is 0 Å². The maximum absolute atomic E-state index is 11.9. The molecule has 118 valence electrons. The molecule has 0 saturated carbocycles. The standard InChI is InChI=1S/C15H13N3O4S/c1-21-10-2-3-11(14(16)20)12(7-10)22-8-9-6-13(19)18-4-5-23-15(18)17-9/h2-7H,8H2,1H3,(H2,16,20). The first-order valence-corrected chi connectivity index (χ1v) is 7.53. The van der Waals surface area contributed by atoms with E-state index in [9.17, 15) is 9.59 Å². The SMILES string of the molecule is COc1ccc(C(N)=O)c(OCc2cc(=O)n3ccsc3n2)c1. The minimum atomic E-state index is -0.607. The zero-order chi connectivity index (χ0) is 16.4. The number of hydrogen-bond donors (Lipinski definition) is 1. The number of nitrogens with two attached hydrogens (primary N) is 1. The van der Waals surface area contributed by atoms with Gasteiger partial charge in [-0.25, -0.2) is 4.98 Å². The highest BCUT2D eigenvalue weighted by atomic mass is 32.1. The quantitative estimate of drug-likeness (QED) is 0.763. The van der Waals surface area contributed by atoms with Gasteiger partial charge in [-0.2, -0.15) is 0 Å². The lowest BCUT2D eigenvalue weighted by atomic mass is 10.2. The van der Waals surface area contributed by atoms with Crippen molar-refractivity contribution in [3.05, 3.63) is 57.5 Å². The van der Waals surface area contributed by atoms with Crippen molar-refractivity contribution in [3.8, 4) is 11.5 Å². The summed E-state index contributed by atoms with van der Waals surface area (Å²) in [5, 5.41) is 1.78. The summed E-state index contributed by atoms with van der Waals surface area (Å²) in [5.41, 5.74) is 5.85. The van der Waals surface area contributed by atoms with Gasteiger partial charge in [0.25, 0.3) is 11.5 Å². The van der Waals surface area contributed by atoms with Crippen molar-refractivity contribution >= 4 is 22.2 Å². The summed E-state index contributed by atoms with van der Waals surface area (Å²) in [4.78, 5) is 28.3. The van der Waals surface area contributed by atoms with Crippen molar-refractivity contribution in [1.82, 2.24) is 9.38 Å². The summed E-state index contributed by atoms with van der Waals surface area (Å²) in [6.07, 6.45) is 1.66. The summed E-state index contributed by atoms with van der Waals surface area (Å²) >= 11 is 1.35. The third-order valence-electron chi connectivity index (χ3n) is 3.19. The number of thiazole rings is 1. The Labute approximate surface area is 134 Å². The molecule has 0 fully saturated rings. The van der Waals surface area contributed by atoms with Gasteiger partial charge >= 0.3 is 0 Å². The van der Waals surface area contributed by atoms with Gasteiger partial charge in [-0.15, -0.1) is 11.3 Å². The number of rotatable bonds is 5. The number of carbonyl (C=O) groups excluding carboxylic acids is 1. The molecule has 0 spiro atoms. The van der Waals surface area contributed by atoms with Crippen molar-refractivity contribution in [1.29, 1.82) is 0 Å². The van der Waals surface area contributed by atoms with Crippen LogP contribution in [0.25, 0.3) is 4.96 Å². The number of amides is 1. The molecule has 0 bridgehead atoms. The molecule has 3 aromatic rings. The molecule has 0 aliphatic rings. The second-order valence-corrected chi connectivity index (χ2v) is 5.53. The maximum atomic E-state index is 11.9. The van der Waals surface area contributed by atoms with Crippen LogP contribution in [0.1, 0.15) is 16.1 Å². The van der Waals surface area contributed by atoms with Gasteiger partial charge in [-0.05, 0) is 12.1 Å². The largest absolute Gasteiger partial charge is 0.497 e. The van der Waals surface area contributed by atoms with Gasteiger partial charge < -0.3 is 15.2 Å². The fraction of sp³-hybridized carbons (Fsp3) is 0.133. The Balaban J connectivity index is 1.89. The van der Waals surface area contributed by atoms with Crippen molar-refractivity contribution in [2.24, 2.45) is 5.73 Å². The number of benzene rings is 1. The van der Waals surface area contributed by atoms with Crippen LogP contribution in [-0.2, 0) is 6.61 Å². The highest BCUT2D eigenvalue weighted by Gasteiger charge is 2.12. The van der Waals surface area contributed by atoms with E-state index >= 15 is 0 Å². The molecule has 7 nitrogen and oxygen atoms in total. The molecule has 1 amide bonds. The molecule has 0 unspecified atom stereocenters. The zero-order valence-electron chi connectivity index (χ0n) is 12.2. The third-order valence-corrected chi connectivity index (χ3v) is 3.94. The van der Waals surface area contributed by atoms with E-state index in [4.69, 9.17) is 15.2 Å². The molecule has 2 N–H and O–H groups in total. The Morgan fingerprint density at radius 2 is 2.22 bits per heavy atom. The average molecular weight is 331 g/mol. The lowest BCUT2D eigenvalue weighted by molar-refractivity contribution is 0.0995. The third kappa shape index (κ3) is 3.02. The number of methoxy groups -OCH3 is 1. The van der Waals surface area contributed by atoms with Crippen LogP contribution in [0.3, 0.4) is 0 Å².